The van der Waals surface area contributed by atoms with E-state index in [9.17, 15) is 18.3 Å². The van der Waals surface area contributed by atoms with Crippen molar-refractivity contribution in [2.75, 3.05) is 31.1 Å². The molecule has 3 saturated heterocycles. The highest BCUT2D eigenvalue weighted by Crippen LogP contribution is 2.36. The minimum absolute atomic E-state index is 0.0259. The van der Waals surface area contributed by atoms with Gasteiger partial charge in [0.25, 0.3) is 0 Å². The highest BCUT2D eigenvalue weighted by Gasteiger charge is 2.50. The van der Waals surface area contributed by atoms with Crippen LogP contribution < -0.4 is 5.32 Å². The fourth-order valence-corrected chi connectivity index (χ4v) is 6.48. The van der Waals surface area contributed by atoms with Gasteiger partial charge in [-0.3, -0.25) is 4.79 Å². The second kappa shape index (κ2) is 8.44. The van der Waals surface area contributed by atoms with Crippen molar-refractivity contribution in [3.05, 3.63) is 35.4 Å². The van der Waals surface area contributed by atoms with Crippen molar-refractivity contribution in [1.29, 1.82) is 0 Å². The number of rotatable bonds is 5. The number of carbonyl (C=O) groups excluding carboxylic acids is 1. The Kier molecular flexibility index (Phi) is 5.81. The normalized spacial score (nSPS) is 34.6. The van der Waals surface area contributed by atoms with Crippen LogP contribution in [0.4, 0.5) is 0 Å². The van der Waals surface area contributed by atoms with Gasteiger partial charge in [0.15, 0.2) is 9.84 Å². The Balaban J connectivity index is 1.07. The predicted octanol–water partition coefficient (Wildman–Crippen LogP) is -0.324. The van der Waals surface area contributed by atoms with Crippen LogP contribution in [0.1, 0.15) is 24.0 Å². The summed E-state index contributed by atoms with van der Waals surface area (Å²) in [4.78, 5) is 14.1. The van der Waals surface area contributed by atoms with Gasteiger partial charge in [0, 0.05) is 32.1 Å². The van der Waals surface area contributed by atoms with Gasteiger partial charge in [-0.05, 0) is 24.0 Å². The van der Waals surface area contributed by atoms with E-state index >= 15 is 0 Å². The molecule has 0 unspecified atom stereocenters. The smallest absolute Gasteiger partial charge is 0.225 e. The highest BCUT2D eigenvalue weighted by atomic mass is 32.2. The standard InChI is InChI=1S/C22H30N2O6S/c25-20(24-5-7-31(27,28)8-6-24)12-17-11-18-22(29-17)21(26)19(30-18)13-23-16-9-14-3-1-2-4-15(14)10-16/h1-4,16-19,21-23,26H,5-13H2/t17-,18+,19+,21+,22-/m0/s1. The number of nitrogens with zero attached hydrogens (tertiary/aromatic N) is 1. The first-order valence-corrected chi connectivity index (χ1v) is 13.0. The van der Waals surface area contributed by atoms with Gasteiger partial charge < -0.3 is 24.8 Å². The van der Waals surface area contributed by atoms with Gasteiger partial charge in [-0.2, -0.15) is 0 Å². The second-order valence-corrected chi connectivity index (χ2v) is 11.5. The average molecular weight is 451 g/mol. The molecule has 4 aliphatic rings. The van der Waals surface area contributed by atoms with Crippen molar-refractivity contribution in [2.24, 2.45) is 0 Å². The molecule has 0 aromatic heterocycles. The SMILES string of the molecule is O=C(C[C@@H]1C[C@H]2O[C@H](CNC3Cc4ccccc4C3)[C@@H](O)[C@H]2O1)N1CCS(=O)(=O)CC1. The maximum Gasteiger partial charge on any atom is 0.225 e. The Labute approximate surface area is 182 Å². The van der Waals surface area contributed by atoms with Crippen LogP contribution in [-0.4, -0.2) is 92.0 Å². The second-order valence-electron chi connectivity index (χ2n) is 9.18. The number of hydrogen-bond acceptors (Lipinski definition) is 7. The van der Waals surface area contributed by atoms with Gasteiger partial charge in [-0.15, -0.1) is 0 Å². The molecule has 3 fully saturated rings. The molecule has 5 rings (SSSR count). The summed E-state index contributed by atoms with van der Waals surface area (Å²) in [5.74, 6) is -0.0377. The Hall–Kier alpha value is -1.52. The maximum absolute atomic E-state index is 12.5. The number of sulfone groups is 1. The van der Waals surface area contributed by atoms with Gasteiger partial charge in [0.05, 0.1) is 36.2 Å². The molecule has 31 heavy (non-hydrogen) atoms. The van der Waals surface area contributed by atoms with E-state index in [0.717, 1.165) is 12.8 Å². The molecule has 170 valence electrons. The lowest BCUT2D eigenvalue weighted by molar-refractivity contribution is -0.134. The van der Waals surface area contributed by atoms with E-state index in [4.69, 9.17) is 9.47 Å². The van der Waals surface area contributed by atoms with Crippen molar-refractivity contribution < 1.29 is 27.8 Å². The number of amides is 1. The van der Waals surface area contributed by atoms with E-state index in [1.165, 1.54) is 11.1 Å². The van der Waals surface area contributed by atoms with Crippen LogP contribution in [0.2, 0.25) is 0 Å². The summed E-state index contributed by atoms with van der Waals surface area (Å²) >= 11 is 0. The largest absolute Gasteiger partial charge is 0.388 e. The minimum atomic E-state index is -3.01. The zero-order valence-electron chi connectivity index (χ0n) is 17.5. The molecule has 0 radical (unpaired) electrons. The molecule has 0 bridgehead atoms. The first kappa shape index (κ1) is 21.3. The summed E-state index contributed by atoms with van der Waals surface area (Å²) < 4.78 is 35.2. The number of carbonyl (C=O) groups is 1. The summed E-state index contributed by atoms with van der Waals surface area (Å²) in [6.07, 6.45) is 0.804. The van der Waals surface area contributed by atoms with Gasteiger partial charge in [0.1, 0.15) is 12.2 Å². The molecule has 5 atom stereocenters. The molecule has 2 N–H and O–H groups in total. The molecule has 1 amide bonds. The fraction of sp³-hybridized carbons (Fsp3) is 0.682. The molecule has 0 spiro atoms. The van der Waals surface area contributed by atoms with E-state index in [-0.39, 0.29) is 55.2 Å². The van der Waals surface area contributed by atoms with E-state index in [2.05, 4.69) is 29.6 Å². The molecule has 0 saturated carbocycles. The minimum Gasteiger partial charge on any atom is -0.388 e. The Morgan fingerprint density at radius 3 is 2.45 bits per heavy atom. The van der Waals surface area contributed by atoms with Crippen LogP contribution >= 0.6 is 0 Å². The third-order valence-corrected chi connectivity index (χ3v) is 8.65. The lowest BCUT2D eigenvalue weighted by Crippen LogP contribution is -2.45. The lowest BCUT2D eigenvalue weighted by Gasteiger charge is -2.28. The molecule has 3 heterocycles. The summed E-state index contributed by atoms with van der Waals surface area (Å²) in [6, 6.07) is 8.82. The van der Waals surface area contributed by atoms with Gasteiger partial charge in [-0.25, -0.2) is 8.42 Å². The topological polar surface area (TPSA) is 105 Å². The number of ether oxygens (including phenoxy) is 2. The number of aliphatic hydroxyl groups is 1. The maximum atomic E-state index is 12.5. The summed E-state index contributed by atoms with van der Waals surface area (Å²) in [5.41, 5.74) is 2.76. The number of fused-ring (bicyclic) bond motifs is 2. The predicted molar refractivity (Wildman–Crippen MR) is 113 cm³/mol. The number of aliphatic hydroxyl groups excluding tert-OH is 1. The van der Waals surface area contributed by atoms with Crippen molar-refractivity contribution >= 4 is 15.7 Å². The Bertz CT molecular complexity index is 899. The number of nitrogens with one attached hydrogen (secondary N) is 1. The molecule has 1 aromatic rings. The van der Waals surface area contributed by atoms with Crippen molar-refractivity contribution in [3.8, 4) is 0 Å². The monoisotopic (exact) mass is 450 g/mol. The van der Waals surface area contributed by atoms with Crippen LogP contribution in [0.15, 0.2) is 24.3 Å². The quantitative estimate of drug-likeness (QED) is 0.633. The molecule has 8 nitrogen and oxygen atoms in total. The van der Waals surface area contributed by atoms with Crippen LogP contribution in [-0.2, 0) is 36.9 Å². The molecular formula is C22H30N2O6S. The molecule has 1 aromatic carbocycles. The molecule has 9 heteroatoms. The van der Waals surface area contributed by atoms with Crippen molar-refractivity contribution in [3.63, 3.8) is 0 Å². The molecule has 3 aliphatic heterocycles. The van der Waals surface area contributed by atoms with E-state index < -0.39 is 22.0 Å². The highest BCUT2D eigenvalue weighted by molar-refractivity contribution is 7.91. The molecular weight excluding hydrogens is 420 g/mol. The Morgan fingerprint density at radius 1 is 1.13 bits per heavy atom. The van der Waals surface area contributed by atoms with E-state index in [0.29, 0.717) is 19.0 Å². The zero-order valence-corrected chi connectivity index (χ0v) is 18.3. The van der Waals surface area contributed by atoms with Crippen LogP contribution in [0.3, 0.4) is 0 Å². The van der Waals surface area contributed by atoms with E-state index in [1.54, 1.807) is 4.90 Å². The zero-order chi connectivity index (χ0) is 21.6. The lowest BCUT2D eigenvalue weighted by atomic mass is 10.1. The number of hydrogen-bond donors (Lipinski definition) is 2. The first-order valence-electron chi connectivity index (χ1n) is 11.2. The average Bonchev–Trinajstić information content (AvgIpc) is 3.40. The first-order chi connectivity index (χ1) is 14.9. The van der Waals surface area contributed by atoms with Gasteiger partial charge in [0.2, 0.25) is 5.91 Å². The van der Waals surface area contributed by atoms with Crippen molar-refractivity contribution in [1.82, 2.24) is 10.2 Å². The third kappa shape index (κ3) is 4.52. The molecule has 1 aliphatic carbocycles. The van der Waals surface area contributed by atoms with Crippen LogP contribution in [0.5, 0.6) is 0 Å². The summed E-state index contributed by atoms with van der Waals surface area (Å²) in [5, 5.41) is 14.2. The summed E-state index contributed by atoms with van der Waals surface area (Å²) in [7, 11) is -3.01. The van der Waals surface area contributed by atoms with Crippen LogP contribution in [0, 0.1) is 0 Å². The van der Waals surface area contributed by atoms with E-state index in [1.807, 2.05) is 0 Å². The fourth-order valence-electron chi connectivity index (χ4n) is 5.28. The van der Waals surface area contributed by atoms with Crippen LogP contribution in [0.25, 0.3) is 0 Å². The Morgan fingerprint density at radius 2 is 1.81 bits per heavy atom. The van der Waals surface area contributed by atoms with Gasteiger partial charge in [-0.1, -0.05) is 24.3 Å². The third-order valence-electron chi connectivity index (χ3n) is 7.04. The summed E-state index contributed by atoms with van der Waals surface area (Å²) in [6.45, 7) is 1.07. The number of benzene rings is 1. The van der Waals surface area contributed by atoms with Crippen molar-refractivity contribution in [2.45, 2.75) is 62.2 Å². The van der Waals surface area contributed by atoms with Gasteiger partial charge >= 0.3 is 0 Å².